The SMILES string of the molecule is CCCCCC=CCC=CCCCCCCCCOC[C@@H](COCCCCO[C@H]1CC[C@@]2(C)C(=CC[C@H]3[C@@H]4CC[C@H]([C@H](C)CCCC(C)C)[C@@]4(C)CC[C@@H]32)C1)N(C)C. The zero-order valence-electron chi connectivity index (χ0n) is 39.9. The van der Waals surface area contributed by atoms with E-state index in [0.717, 1.165) is 87.8 Å². The van der Waals surface area contributed by atoms with E-state index in [1.807, 2.05) is 0 Å². The normalized spacial score (nSPS) is 29.6. The summed E-state index contributed by atoms with van der Waals surface area (Å²) < 4.78 is 18.8. The molecule has 4 aliphatic carbocycles. The molecule has 4 rings (SSSR count). The highest BCUT2D eigenvalue weighted by molar-refractivity contribution is 5.25. The number of hydrogen-bond donors (Lipinski definition) is 0. The number of allylic oxidation sites excluding steroid dienone is 5. The average molecular weight is 808 g/mol. The topological polar surface area (TPSA) is 30.9 Å². The molecule has 4 heteroatoms. The van der Waals surface area contributed by atoms with E-state index in [0.29, 0.717) is 23.0 Å². The fourth-order valence-electron chi connectivity index (χ4n) is 12.3. The van der Waals surface area contributed by atoms with Gasteiger partial charge in [0.1, 0.15) is 0 Å². The zero-order valence-corrected chi connectivity index (χ0v) is 39.9. The molecule has 4 nitrogen and oxygen atoms in total. The number of likely N-dealkylation sites (N-methyl/N-ethyl adjacent to an activating group) is 1. The molecule has 0 aliphatic heterocycles. The van der Waals surface area contributed by atoms with Gasteiger partial charge in [-0.05, 0) is 163 Å². The summed E-state index contributed by atoms with van der Waals surface area (Å²) in [5.74, 6) is 5.44. The summed E-state index contributed by atoms with van der Waals surface area (Å²) in [6.07, 6.45) is 45.3. The molecule has 9 atom stereocenters. The summed E-state index contributed by atoms with van der Waals surface area (Å²) in [7, 11) is 4.30. The quantitative estimate of drug-likeness (QED) is 0.0516. The van der Waals surface area contributed by atoms with Gasteiger partial charge in [0.25, 0.3) is 0 Å². The van der Waals surface area contributed by atoms with Gasteiger partial charge in [0.05, 0.1) is 25.4 Å². The molecule has 0 unspecified atom stereocenters. The van der Waals surface area contributed by atoms with Crippen molar-refractivity contribution < 1.29 is 14.2 Å². The molecule has 3 saturated carbocycles. The van der Waals surface area contributed by atoms with Crippen LogP contribution in [0.15, 0.2) is 36.0 Å². The number of unbranched alkanes of at least 4 members (excludes halogenated alkanes) is 10. The first-order chi connectivity index (χ1) is 28.1. The van der Waals surface area contributed by atoms with Gasteiger partial charge in [0.15, 0.2) is 0 Å². The molecule has 4 aliphatic rings. The van der Waals surface area contributed by atoms with Gasteiger partial charge in [-0.2, -0.15) is 0 Å². The van der Waals surface area contributed by atoms with E-state index >= 15 is 0 Å². The Morgan fingerprint density at radius 3 is 2.05 bits per heavy atom. The standard InChI is InChI=1S/C54H97NO3/c1-9-10-11-12-13-14-15-16-17-18-19-20-21-22-23-24-38-56-42-47(55(7)8)43-57-39-25-26-40-58-48-34-36-53(5)46(41-48)30-31-49-51-33-32-50(45(4)29-27-28-44(2)3)54(51,6)37-35-52(49)53/h13-14,16-17,30,44-45,47-52H,9-12,15,18-29,31-43H2,1-8H3/t45-,47+,48+,49+,50-,51+,52+,53+,54-/m1/s1. The molecule has 0 heterocycles. The maximum atomic E-state index is 6.57. The number of hydrogen-bond acceptors (Lipinski definition) is 4. The maximum Gasteiger partial charge on any atom is 0.0644 e. The third kappa shape index (κ3) is 15.8. The van der Waals surface area contributed by atoms with Crippen molar-refractivity contribution in [1.29, 1.82) is 0 Å². The Kier molecular flexibility index (Phi) is 23.3. The fraction of sp³-hybridized carbons (Fsp3) is 0.889. The van der Waals surface area contributed by atoms with Gasteiger partial charge in [-0.25, -0.2) is 0 Å². The van der Waals surface area contributed by atoms with E-state index in [4.69, 9.17) is 14.2 Å². The maximum absolute atomic E-state index is 6.57. The molecule has 0 amide bonds. The molecule has 0 aromatic heterocycles. The lowest BCUT2D eigenvalue weighted by molar-refractivity contribution is -0.0643. The van der Waals surface area contributed by atoms with Crippen LogP contribution in [0.3, 0.4) is 0 Å². The first-order valence-electron chi connectivity index (χ1n) is 25.5. The Bertz CT molecular complexity index is 1170. The molecule has 336 valence electrons. The second-order valence-electron chi connectivity index (χ2n) is 21.1. The van der Waals surface area contributed by atoms with Crippen LogP contribution in [0.2, 0.25) is 0 Å². The molecular weight excluding hydrogens is 711 g/mol. The Balaban J connectivity index is 1.01. The van der Waals surface area contributed by atoms with E-state index in [2.05, 4.69) is 90.9 Å². The van der Waals surface area contributed by atoms with Crippen LogP contribution in [-0.4, -0.2) is 64.2 Å². The lowest BCUT2D eigenvalue weighted by atomic mass is 9.47. The second kappa shape index (κ2) is 27.2. The van der Waals surface area contributed by atoms with Gasteiger partial charge < -0.3 is 19.1 Å². The minimum Gasteiger partial charge on any atom is -0.380 e. The molecule has 0 aromatic carbocycles. The van der Waals surface area contributed by atoms with E-state index in [-0.39, 0.29) is 0 Å². The zero-order chi connectivity index (χ0) is 41.6. The van der Waals surface area contributed by atoms with Gasteiger partial charge in [0, 0.05) is 19.8 Å². The highest BCUT2D eigenvalue weighted by Gasteiger charge is 2.59. The largest absolute Gasteiger partial charge is 0.380 e. The monoisotopic (exact) mass is 808 g/mol. The molecule has 58 heavy (non-hydrogen) atoms. The van der Waals surface area contributed by atoms with Gasteiger partial charge in [0.2, 0.25) is 0 Å². The molecule has 0 bridgehead atoms. The van der Waals surface area contributed by atoms with Crippen LogP contribution in [0, 0.1) is 46.3 Å². The lowest BCUT2D eigenvalue weighted by Crippen LogP contribution is -2.51. The predicted octanol–water partition coefficient (Wildman–Crippen LogP) is 15.0. The van der Waals surface area contributed by atoms with Crippen molar-refractivity contribution in [2.45, 2.75) is 214 Å². The minimum absolute atomic E-state index is 0.317. The predicted molar refractivity (Wildman–Crippen MR) is 250 cm³/mol. The van der Waals surface area contributed by atoms with E-state index < -0.39 is 0 Å². The summed E-state index contributed by atoms with van der Waals surface area (Å²) in [4.78, 5) is 2.26. The third-order valence-electron chi connectivity index (χ3n) is 16.1. The van der Waals surface area contributed by atoms with Crippen LogP contribution in [0.4, 0.5) is 0 Å². The Morgan fingerprint density at radius 1 is 0.707 bits per heavy atom. The van der Waals surface area contributed by atoms with Crippen LogP contribution < -0.4 is 0 Å². The summed E-state index contributed by atoms with van der Waals surface area (Å²) >= 11 is 0. The van der Waals surface area contributed by atoms with Crippen molar-refractivity contribution in [3.8, 4) is 0 Å². The van der Waals surface area contributed by atoms with Crippen LogP contribution in [-0.2, 0) is 14.2 Å². The Labute approximate surface area is 361 Å². The molecule has 0 aromatic rings. The van der Waals surface area contributed by atoms with E-state index in [1.54, 1.807) is 5.57 Å². The van der Waals surface area contributed by atoms with Gasteiger partial charge in [-0.15, -0.1) is 0 Å². The van der Waals surface area contributed by atoms with Crippen LogP contribution in [0.1, 0.15) is 202 Å². The number of nitrogens with zero attached hydrogens (tertiary/aromatic N) is 1. The van der Waals surface area contributed by atoms with Crippen molar-refractivity contribution in [3.63, 3.8) is 0 Å². The molecule has 0 radical (unpaired) electrons. The third-order valence-corrected chi connectivity index (χ3v) is 16.1. The first-order valence-corrected chi connectivity index (χ1v) is 25.5. The lowest BCUT2D eigenvalue weighted by Gasteiger charge is -2.58. The summed E-state index contributed by atoms with van der Waals surface area (Å²) in [6.45, 7) is 19.1. The number of fused-ring (bicyclic) bond motifs is 5. The van der Waals surface area contributed by atoms with Gasteiger partial charge in [-0.3, -0.25) is 0 Å². The van der Waals surface area contributed by atoms with Crippen molar-refractivity contribution in [1.82, 2.24) is 4.90 Å². The van der Waals surface area contributed by atoms with Crippen LogP contribution >= 0.6 is 0 Å². The minimum atomic E-state index is 0.317. The van der Waals surface area contributed by atoms with Crippen molar-refractivity contribution in [2.75, 3.05) is 47.1 Å². The first kappa shape index (κ1) is 49.7. The van der Waals surface area contributed by atoms with Crippen LogP contribution in [0.25, 0.3) is 0 Å². The smallest absolute Gasteiger partial charge is 0.0644 e. The van der Waals surface area contributed by atoms with Crippen LogP contribution in [0.5, 0.6) is 0 Å². The molecule has 0 spiro atoms. The fourth-order valence-corrected chi connectivity index (χ4v) is 12.3. The summed E-state index contributed by atoms with van der Waals surface area (Å²) in [5.41, 5.74) is 2.75. The Morgan fingerprint density at radius 2 is 1.36 bits per heavy atom. The molecule has 0 saturated heterocycles. The molecule has 3 fully saturated rings. The van der Waals surface area contributed by atoms with Gasteiger partial charge in [-0.1, -0.05) is 135 Å². The van der Waals surface area contributed by atoms with E-state index in [9.17, 15) is 0 Å². The van der Waals surface area contributed by atoms with E-state index in [1.165, 1.54) is 141 Å². The molecule has 0 N–H and O–H groups in total. The van der Waals surface area contributed by atoms with Gasteiger partial charge >= 0.3 is 0 Å². The van der Waals surface area contributed by atoms with Crippen molar-refractivity contribution >= 4 is 0 Å². The van der Waals surface area contributed by atoms with Crippen molar-refractivity contribution in [3.05, 3.63) is 36.0 Å². The molecular formula is C54H97NO3. The average Bonchev–Trinajstić information content (AvgIpc) is 3.56. The Hall–Kier alpha value is -0.940. The second-order valence-corrected chi connectivity index (χ2v) is 21.1. The number of ether oxygens (including phenoxy) is 3. The summed E-state index contributed by atoms with van der Waals surface area (Å²) in [6, 6.07) is 0.317. The number of rotatable bonds is 31. The highest BCUT2D eigenvalue weighted by atomic mass is 16.5. The summed E-state index contributed by atoms with van der Waals surface area (Å²) in [5, 5.41) is 0. The van der Waals surface area contributed by atoms with Crippen molar-refractivity contribution in [2.24, 2.45) is 46.3 Å². The highest BCUT2D eigenvalue weighted by Crippen LogP contribution is 2.67.